The summed E-state index contributed by atoms with van der Waals surface area (Å²) in [5, 5.41) is 0.551. The minimum absolute atomic E-state index is 0.157. The third-order valence-electron chi connectivity index (χ3n) is 6.13. The lowest BCUT2D eigenvalue weighted by Crippen LogP contribution is -2.52. The van der Waals surface area contributed by atoms with Crippen molar-refractivity contribution in [3.63, 3.8) is 0 Å². The molecule has 1 aromatic heterocycles. The lowest BCUT2D eigenvalue weighted by molar-refractivity contribution is -0.141. The Morgan fingerprint density at radius 3 is 2.59 bits per heavy atom. The number of piperidine rings is 2. The molecule has 1 unspecified atom stereocenters. The number of carbonyl (C=O) groups is 1. The maximum atomic E-state index is 12.9. The molecule has 6 nitrogen and oxygen atoms in total. The van der Waals surface area contributed by atoms with Gasteiger partial charge in [-0.05, 0) is 44.4 Å². The van der Waals surface area contributed by atoms with Crippen LogP contribution in [-0.2, 0) is 9.53 Å². The molecule has 4 heterocycles. The minimum atomic E-state index is 0.157. The van der Waals surface area contributed by atoms with Gasteiger partial charge in [0.25, 0.3) is 0 Å². The number of aromatic nitrogens is 1. The molecular formula is C20H29ClN4O2. The maximum Gasteiger partial charge on any atom is 0.227 e. The number of anilines is 1. The molecule has 0 N–H and O–H groups in total. The largest absolute Gasteiger partial charge is 0.378 e. The predicted molar refractivity (Wildman–Crippen MR) is 106 cm³/mol. The number of nitrogens with zero attached hydrogens (tertiary/aromatic N) is 4. The zero-order valence-electron chi connectivity index (χ0n) is 15.9. The van der Waals surface area contributed by atoms with E-state index in [0.717, 1.165) is 70.8 Å². The summed E-state index contributed by atoms with van der Waals surface area (Å²) in [5.74, 6) is 1.47. The normalized spacial score (nSPS) is 25.6. The van der Waals surface area contributed by atoms with Crippen molar-refractivity contribution in [2.75, 3.05) is 57.4 Å². The van der Waals surface area contributed by atoms with Crippen LogP contribution >= 0.6 is 11.6 Å². The zero-order valence-corrected chi connectivity index (χ0v) is 16.6. The summed E-state index contributed by atoms with van der Waals surface area (Å²) in [4.78, 5) is 24.2. The van der Waals surface area contributed by atoms with Crippen LogP contribution in [0.2, 0.25) is 5.15 Å². The highest BCUT2D eigenvalue weighted by molar-refractivity contribution is 6.29. The van der Waals surface area contributed by atoms with Crippen molar-refractivity contribution >= 4 is 23.3 Å². The van der Waals surface area contributed by atoms with Crippen molar-refractivity contribution in [2.24, 2.45) is 5.92 Å². The van der Waals surface area contributed by atoms with E-state index in [-0.39, 0.29) is 5.92 Å². The molecule has 148 valence electrons. The van der Waals surface area contributed by atoms with Crippen LogP contribution in [0.15, 0.2) is 18.2 Å². The summed E-state index contributed by atoms with van der Waals surface area (Å²) in [7, 11) is 0. The van der Waals surface area contributed by atoms with Crippen LogP contribution < -0.4 is 4.90 Å². The van der Waals surface area contributed by atoms with Crippen LogP contribution in [-0.4, -0.2) is 79.2 Å². The van der Waals surface area contributed by atoms with Gasteiger partial charge in [0.2, 0.25) is 5.91 Å². The van der Waals surface area contributed by atoms with E-state index in [1.165, 1.54) is 0 Å². The summed E-state index contributed by atoms with van der Waals surface area (Å²) in [6, 6.07) is 6.38. The molecule has 0 radical (unpaired) electrons. The Morgan fingerprint density at radius 1 is 1.07 bits per heavy atom. The molecule has 4 rings (SSSR count). The molecule has 3 aliphatic heterocycles. The monoisotopic (exact) mass is 392 g/mol. The molecule has 1 amide bonds. The molecule has 0 spiro atoms. The SMILES string of the molecule is O=C(C1CCCN(C2CCN(c3cccc(Cl)n3)CC2)C1)N1CCOCC1. The Kier molecular flexibility index (Phi) is 6.15. The number of rotatable bonds is 3. The first-order chi connectivity index (χ1) is 13.2. The second-order valence-corrected chi connectivity index (χ2v) is 8.20. The number of amides is 1. The third-order valence-corrected chi connectivity index (χ3v) is 6.34. The summed E-state index contributed by atoms with van der Waals surface area (Å²) in [6.07, 6.45) is 4.38. The molecule has 3 aliphatic rings. The summed E-state index contributed by atoms with van der Waals surface area (Å²) < 4.78 is 5.39. The molecule has 27 heavy (non-hydrogen) atoms. The topological polar surface area (TPSA) is 48.9 Å². The van der Waals surface area contributed by atoms with Crippen molar-refractivity contribution in [3.05, 3.63) is 23.4 Å². The van der Waals surface area contributed by atoms with Crippen LogP contribution in [0.5, 0.6) is 0 Å². The van der Waals surface area contributed by atoms with Gasteiger partial charge < -0.3 is 14.5 Å². The lowest BCUT2D eigenvalue weighted by atomic mass is 9.92. The highest BCUT2D eigenvalue weighted by Crippen LogP contribution is 2.27. The first kappa shape index (κ1) is 19.0. The van der Waals surface area contributed by atoms with Crippen molar-refractivity contribution in [3.8, 4) is 0 Å². The van der Waals surface area contributed by atoms with Crippen molar-refractivity contribution in [1.29, 1.82) is 0 Å². The number of morpholine rings is 1. The van der Waals surface area contributed by atoms with E-state index in [1.807, 2.05) is 23.1 Å². The number of ether oxygens (including phenoxy) is 1. The van der Waals surface area contributed by atoms with Gasteiger partial charge in [-0.25, -0.2) is 4.98 Å². The van der Waals surface area contributed by atoms with E-state index in [2.05, 4.69) is 14.8 Å². The van der Waals surface area contributed by atoms with E-state index in [4.69, 9.17) is 16.3 Å². The third kappa shape index (κ3) is 4.55. The van der Waals surface area contributed by atoms with E-state index in [9.17, 15) is 4.79 Å². The molecule has 1 atom stereocenters. The van der Waals surface area contributed by atoms with Gasteiger partial charge in [0.15, 0.2) is 0 Å². The van der Waals surface area contributed by atoms with Crippen molar-refractivity contribution < 1.29 is 9.53 Å². The van der Waals surface area contributed by atoms with Crippen LogP contribution in [0.25, 0.3) is 0 Å². The number of likely N-dealkylation sites (tertiary alicyclic amines) is 1. The second-order valence-electron chi connectivity index (χ2n) is 7.81. The molecule has 0 saturated carbocycles. The predicted octanol–water partition coefficient (Wildman–Crippen LogP) is 2.27. The van der Waals surface area contributed by atoms with Gasteiger partial charge in [0.05, 0.1) is 19.1 Å². The quantitative estimate of drug-likeness (QED) is 0.738. The minimum Gasteiger partial charge on any atom is -0.378 e. The summed E-state index contributed by atoms with van der Waals surface area (Å²) in [6.45, 7) is 6.88. The fourth-order valence-corrected chi connectivity index (χ4v) is 4.77. The highest BCUT2D eigenvalue weighted by atomic mass is 35.5. The first-order valence-electron chi connectivity index (χ1n) is 10.2. The molecule has 0 aliphatic carbocycles. The van der Waals surface area contributed by atoms with E-state index in [1.54, 1.807) is 0 Å². The van der Waals surface area contributed by atoms with Crippen LogP contribution in [0.1, 0.15) is 25.7 Å². The Balaban J connectivity index is 1.31. The Hall–Kier alpha value is -1.37. The Labute approximate surface area is 166 Å². The van der Waals surface area contributed by atoms with E-state index >= 15 is 0 Å². The number of hydrogen-bond donors (Lipinski definition) is 0. The number of halogens is 1. The molecule has 0 aromatic carbocycles. The fraction of sp³-hybridized carbons (Fsp3) is 0.700. The second kappa shape index (κ2) is 8.76. The van der Waals surface area contributed by atoms with E-state index in [0.29, 0.717) is 30.3 Å². The fourth-order valence-electron chi connectivity index (χ4n) is 4.62. The highest BCUT2D eigenvalue weighted by Gasteiger charge is 2.34. The van der Waals surface area contributed by atoms with Gasteiger partial charge in [-0.2, -0.15) is 0 Å². The van der Waals surface area contributed by atoms with Crippen molar-refractivity contribution in [2.45, 2.75) is 31.7 Å². The average molecular weight is 393 g/mol. The van der Waals surface area contributed by atoms with Gasteiger partial charge in [-0.1, -0.05) is 17.7 Å². The Bertz CT molecular complexity index is 645. The number of carbonyl (C=O) groups excluding carboxylic acids is 1. The van der Waals surface area contributed by atoms with Crippen LogP contribution in [0.4, 0.5) is 5.82 Å². The molecular weight excluding hydrogens is 364 g/mol. The zero-order chi connectivity index (χ0) is 18.6. The number of pyridine rings is 1. The number of hydrogen-bond acceptors (Lipinski definition) is 5. The molecule has 3 fully saturated rings. The standard InChI is InChI=1S/C20H29ClN4O2/c21-18-4-1-5-19(22-18)23-9-6-17(7-10-23)25-8-2-3-16(15-25)20(26)24-11-13-27-14-12-24/h1,4-5,16-17H,2-3,6-15H2. The van der Waals surface area contributed by atoms with Gasteiger partial charge in [0.1, 0.15) is 11.0 Å². The van der Waals surface area contributed by atoms with Crippen molar-refractivity contribution in [1.82, 2.24) is 14.8 Å². The maximum absolute atomic E-state index is 12.9. The molecule has 0 bridgehead atoms. The lowest BCUT2D eigenvalue weighted by Gasteiger charge is -2.43. The van der Waals surface area contributed by atoms with Gasteiger partial charge in [0, 0.05) is 38.8 Å². The molecule has 1 aromatic rings. The van der Waals surface area contributed by atoms with Crippen LogP contribution in [0, 0.1) is 5.92 Å². The molecule has 3 saturated heterocycles. The summed E-state index contributed by atoms with van der Waals surface area (Å²) in [5.41, 5.74) is 0. The van der Waals surface area contributed by atoms with Gasteiger partial charge >= 0.3 is 0 Å². The van der Waals surface area contributed by atoms with E-state index < -0.39 is 0 Å². The van der Waals surface area contributed by atoms with Gasteiger partial charge in [-0.15, -0.1) is 0 Å². The average Bonchev–Trinajstić information content (AvgIpc) is 2.74. The Morgan fingerprint density at radius 2 is 1.85 bits per heavy atom. The van der Waals surface area contributed by atoms with Gasteiger partial charge in [-0.3, -0.25) is 9.69 Å². The summed E-state index contributed by atoms with van der Waals surface area (Å²) >= 11 is 6.03. The first-order valence-corrected chi connectivity index (χ1v) is 10.6. The smallest absolute Gasteiger partial charge is 0.227 e. The molecule has 7 heteroatoms. The van der Waals surface area contributed by atoms with Crippen LogP contribution in [0.3, 0.4) is 0 Å².